The number of nitrogens with one attached hydrogen (secondary N) is 1. The van der Waals surface area contributed by atoms with Crippen molar-refractivity contribution >= 4 is 11.3 Å². The largest absolute Gasteiger partial charge is 0.311 e. The van der Waals surface area contributed by atoms with E-state index in [4.69, 9.17) is 6.42 Å². The van der Waals surface area contributed by atoms with Crippen LogP contribution in [0, 0.1) is 12.3 Å². The number of unbranched alkanes of at least 4 members (excludes halogenated alkanes) is 1. The Bertz CT molecular complexity index is 513. The van der Waals surface area contributed by atoms with Crippen molar-refractivity contribution < 1.29 is 0 Å². The lowest BCUT2D eigenvalue weighted by atomic mass is 10.3. The van der Waals surface area contributed by atoms with E-state index in [1.807, 2.05) is 18.2 Å². The maximum absolute atomic E-state index is 5.19. The summed E-state index contributed by atoms with van der Waals surface area (Å²) in [7, 11) is 0. The van der Waals surface area contributed by atoms with Crippen molar-refractivity contribution in [1.82, 2.24) is 15.3 Å². The first-order valence-corrected chi connectivity index (χ1v) is 6.78. The Morgan fingerprint density at radius 2 is 2.33 bits per heavy atom. The highest BCUT2D eigenvalue weighted by molar-refractivity contribution is 7.13. The minimum atomic E-state index is 0.786. The first kappa shape index (κ1) is 12.7. The van der Waals surface area contributed by atoms with E-state index in [2.05, 4.69) is 26.6 Å². The van der Waals surface area contributed by atoms with E-state index in [-0.39, 0.29) is 0 Å². The van der Waals surface area contributed by atoms with Crippen molar-refractivity contribution in [2.24, 2.45) is 0 Å². The lowest BCUT2D eigenvalue weighted by Crippen LogP contribution is -2.14. The van der Waals surface area contributed by atoms with Crippen molar-refractivity contribution in [3.05, 3.63) is 35.5 Å². The summed E-state index contributed by atoms with van der Waals surface area (Å²) in [6.07, 6.45) is 8.81. The van der Waals surface area contributed by atoms with Crippen LogP contribution in [0.3, 0.4) is 0 Å². The van der Waals surface area contributed by atoms with Crippen LogP contribution >= 0.6 is 11.3 Å². The number of hydrogen-bond acceptors (Lipinski definition) is 4. The van der Waals surface area contributed by atoms with E-state index in [0.29, 0.717) is 0 Å². The van der Waals surface area contributed by atoms with E-state index >= 15 is 0 Å². The maximum atomic E-state index is 5.19. The van der Waals surface area contributed by atoms with Crippen LogP contribution in [-0.4, -0.2) is 16.5 Å². The van der Waals surface area contributed by atoms with Crippen molar-refractivity contribution in [3.63, 3.8) is 0 Å². The van der Waals surface area contributed by atoms with Gasteiger partial charge in [-0.05, 0) is 25.1 Å². The van der Waals surface area contributed by atoms with Crippen molar-refractivity contribution in [1.29, 1.82) is 0 Å². The molecule has 18 heavy (non-hydrogen) atoms. The summed E-state index contributed by atoms with van der Waals surface area (Å²) in [5.41, 5.74) is 1.99. The van der Waals surface area contributed by atoms with E-state index in [1.165, 1.54) is 0 Å². The summed E-state index contributed by atoms with van der Waals surface area (Å²) < 4.78 is 0. The molecule has 0 unspecified atom stereocenters. The van der Waals surface area contributed by atoms with Gasteiger partial charge in [-0.1, -0.05) is 6.07 Å². The molecule has 0 bridgehead atoms. The predicted octanol–water partition coefficient (Wildman–Crippen LogP) is 2.71. The fraction of sp³-hybridized carbons (Fsp3) is 0.286. The third kappa shape index (κ3) is 3.66. The first-order chi connectivity index (χ1) is 8.90. The predicted molar refractivity (Wildman–Crippen MR) is 75.1 cm³/mol. The molecule has 1 N–H and O–H groups in total. The molecule has 2 heterocycles. The Labute approximate surface area is 111 Å². The fourth-order valence-corrected chi connectivity index (χ4v) is 2.32. The number of terminal acetylenes is 1. The third-order valence-corrected chi connectivity index (χ3v) is 3.33. The Balaban J connectivity index is 1.86. The molecule has 0 atom stereocenters. The lowest BCUT2D eigenvalue weighted by molar-refractivity contribution is 0.652. The van der Waals surface area contributed by atoms with Crippen LogP contribution in [0.2, 0.25) is 0 Å². The maximum Gasteiger partial charge on any atom is 0.142 e. The second-order valence-electron chi connectivity index (χ2n) is 3.84. The molecule has 0 aliphatic rings. The highest BCUT2D eigenvalue weighted by atomic mass is 32.1. The first-order valence-electron chi connectivity index (χ1n) is 5.90. The van der Waals surface area contributed by atoms with Gasteiger partial charge in [0.25, 0.3) is 0 Å². The summed E-state index contributed by atoms with van der Waals surface area (Å²) in [6.45, 7) is 1.72. The van der Waals surface area contributed by atoms with Crippen LogP contribution < -0.4 is 5.32 Å². The molecular formula is C14H15N3S. The molecule has 0 saturated carbocycles. The Kier molecular flexibility index (Phi) is 4.88. The standard InChI is InChI=1S/C14H15N3S/c1-2-3-5-8-15-10-12-11-18-14(17-12)13-7-4-6-9-16-13/h1,4,6-7,9,11,15H,3,5,8,10H2. The second kappa shape index (κ2) is 6.90. The Morgan fingerprint density at radius 1 is 1.39 bits per heavy atom. The summed E-state index contributed by atoms with van der Waals surface area (Å²) >= 11 is 1.62. The number of rotatable bonds is 6. The third-order valence-electron chi connectivity index (χ3n) is 2.42. The van der Waals surface area contributed by atoms with Crippen molar-refractivity contribution in [3.8, 4) is 23.0 Å². The van der Waals surface area contributed by atoms with Crippen LogP contribution in [-0.2, 0) is 6.54 Å². The smallest absolute Gasteiger partial charge is 0.142 e. The van der Waals surface area contributed by atoms with Crippen LogP contribution in [0.25, 0.3) is 10.7 Å². The zero-order chi connectivity index (χ0) is 12.6. The summed E-state index contributed by atoms with van der Waals surface area (Å²) in [5.74, 6) is 2.63. The Hall–Kier alpha value is -1.70. The van der Waals surface area contributed by atoms with Crippen LogP contribution in [0.5, 0.6) is 0 Å². The molecule has 0 aliphatic heterocycles. The minimum absolute atomic E-state index is 0.786. The van der Waals surface area contributed by atoms with E-state index in [9.17, 15) is 0 Å². The van der Waals surface area contributed by atoms with E-state index in [1.54, 1.807) is 17.5 Å². The van der Waals surface area contributed by atoms with Crippen molar-refractivity contribution in [2.75, 3.05) is 6.54 Å². The van der Waals surface area contributed by atoms with Crippen LogP contribution in [0.4, 0.5) is 0 Å². The molecule has 0 amide bonds. The van der Waals surface area contributed by atoms with E-state index in [0.717, 1.165) is 42.3 Å². The van der Waals surface area contributed by atoms with Gasteiger partial charge in [0.2, 0.25) is 0 Å². The number of nitrogens with zero attached hydrogens (tertiary/aromatic N) is 2. The van der Waals surface area contributed by atoms with Gasteiger partial charge < -0.3 is 5.32 Å². The number of pyridine rings is 1. The highest BCUT2D eigenvalue weighted by Gasteiger charge is 2.04. The molecular weight excluding hydrogens is 242 g/mol. The fourth-order valence-electron chi connectivity index (χ4n) is 1.53. The average molecular weight is 257 g/mol. The molecule has 0 saturated heterocycles. The molecule has 0 aliphatic carbocycles. The molecule has 3 nitrogen and oxygen atoms in total. The number of thiazole rings is 1. The second-order valence-corrected chi connectivity index (χ2v) is 4.70. The zero-order valence-electron chi connectivity index (χ0n) is 10.1. The lowest BCUT2D eigenvalue weighted by Gasteiger charge is -1.99. The normalized spacial score (nSPS) is 10.2. The number of aromatic nitrogens is 2. The molecule has 0 spiro atoms. The van der Waals surface area contributed by atoms with Crippen molar-refractivity contribution in [2.45, 2.75) is 19.4 Å². The molecule has 0 aromatic carbocycles. The molecule has 2 aromatic heterocycles. The zero-order valence-corrected chi connectivity index (χ0v) is 10.9. The quantitative estimate of drug-likeness (QED) is 0.638. The van der Waals surface area contributed by atoms with Gasteiger partial charge >= 0.3 is 0 Å². The van der Waals surface area contributed by atoms with Gasteiger partial charge in [-0.2, -0.15) is 0 Å². The molecule has 2 aromatic rings. The van der Waals surface area contributed by atoms with Gasteiger partial charge in [-0.15, -0.1) is 23.7 Å². The van der Waals surface area contributed by atoms with Crippen LogP contribution in [0.1, 0.15) is 18.5 Å². The monoisotopic (exact) mass is 257 g/mol. The topological polar surface area (TPSA) is 37.8 Å². The van der Waals surface area contributed by atoms with Crippen LogP contribution in [0.15, 0.2) is 29.8 Å². The molecule has 92 valence electrons. The van der Waals surface area contributed by atoms with Gasteiger partial charge in [-0.3, -0.25) is 4.98 Å². The SMILES string of the molecule is C#CCCCNCc1csc(-c2ccccn2)n1. The van der Waals surface area contributed by atoms with Gasteiger partial charge in [0.15, 0.2) is 0 Å². The van der Waals surface area contributed by atoms with Gasteiger partial charge in [0, 0.05) is 24.5 Å². The summed E-state index contributed by atoms with van der Waals surface area (Å²) in [4.78, 5) is 8.84. The summed E-state index contributed by atoms with van der Waals surface area (Å²) in [5, 5.41) is 6.37. The molecule has 4 heteroatoms. The summed E-state index contributed by atoms with van der Waals surface area (Å²) in [6, 6.07) is 5.86. The number of hydrogen-bond donors (Lipinski definition) is 1. The molecule has 2 rings (SSSR count). The van der Waals surface area contributed by atoms with Gasteiger partial charge in [0.1, 0.15) is 5.01 Å². The minimum Gasteiger partial charge on any atom is -0.311 e. The molecule has 0 radical (unpaired) electrons. The Morgan fingerprint density at radius 3 is 3.11 bits per heavy atom. The highest BCUT2D eigenvalue weighted by Crippen LogP contribution is 2.20. The van der Waals surface area contributed by atoms with Gasteiger partial charge in [0.05, 0.1) is 11.4 Å². The molecule has 0 fully saturated rings. The van der Waals surface area contributed by atoms with Gasteiger partial charge in [-0.25, -0.2) is 4.98 Å². The van der Waals surface area contributed by atoms with E-state index < -0.39 is 0 Å². The average Bonchev–Trinajstić information content (AvgIpc) is 2.88.